The zero-order valence-corrected chi connectivity index (χ0v) is 19.6. The second-order valence-corrected chi connectivity index (χ2v) is 9.70. The number of hydrogen-bond acceptors (Lipinski definition) is 3. The van der Waals surface area contributed by atoms with Gasteiger partial charge in [-0.25, -0.2) is 0 Å². The fourth-order valence-electron chi connectivity index (χ4n) is 4.77. The van der Waals surface area contributed by atoms with Crippen LogP contribution in [0.15, 0.2) is 53.7 Å². The number of aryl methyl sites for hydroxylation is 1. The highest BCUT2D eigenvalue weighted by Gasteiger charge is 2.13. The molecule has 2 aromatic carbocycles. The van der Waals surface area contributed by atoms with Crippen LogP contribution in [0.2, 0.25) is 0 Å². The normalized spacial score (nSPS) is 12.1. The lowest BCUT2D eigenvalue weighted by Gasteiger charge is -2.26. The molecule has 168 valence electrons. The molecule has 4 rings (SSSR count). The maximum atomic E-state index is 12.7. The Balaban J connectivity index is 1.69. The molecule has 0 aliphatic carbocycles. The molecule has 0 saturated carbocycles. The first-order chi connectivity index (χ1) is 15.4. The summed E-state index contributed by atoms with van der Waals surface area (Å²) in [6, 6.07) is 10.6. The van der Waals surface area contributed by atoms with Crippen LogP contribution in [0, 0.1) is 11.8 Å². The highest BCUT2D eigenvalue weighted by molar-refractivity contribution is 6.09. The van der Waals surface area contributed by atoms with Crippen LogP contribution in [0.1, 0.15) is 39.7 Å². The minimum absolute atomic E-state index is 0.0385. The molecule has 0 atom stereocenters. The molecular weight excluding hydrogens is 396 g/mol. The average molecular weight is 431 g/mol. The Morgan fingerprint density at radius 2 is 1.75 bits per heavy atom. The molecule has 2 heterocycles. The monoisotopic (exact) mass is 430 g/mol. The molecule has 0 unspecified atom stereocenters. The summed E-state index contributed by atoms with van der Waals surface area (Å²) in [7, 11) is 0. The quantitative estimate of drug-likeness (QED) is 0.339. The van der Waals surface area contributed by atoms with Crippen LogP contribution in [0.25, 0.3) is 32.7 Å². The van der Waals surface area contributed by atoms with Crippen molar-refractivity contribution in [3.63, 3.8) is 0 Å². The molecule has 32 heavy (non-hydrogen) atoms. The standard InChI is InChI=1S/C27H34N4O/c1-18(2)16-31(17-19(3)4)11-5-6-21-12-22-9-10-28-27(32)26(22)25-13-20(7-8-24(21)25)23-14-29-30-15-23/h7-10,12-15,18-19H,5-6,11,16-17H2,1-4H3,(H,28,32)(H,29,30). The smallest absolute Gasteiger partial charge is 0.256 e. The zero-order chi connectivity index (χ0) is 22.7. The number of nitrogens with zero attached hydrogens (tertiary/aromatic N) is 2. The fourth-order valence-corrected chi connectivity index (χ4v) is 4.77. The summed E-state index contributed by atoms with van der Waals surface area (Å²) in [6.07, 6.45) is 7.54. The van der Waals surface area contributed by atoms with E-state index >= 15 is 0 Å². The first-order valence-corrected chi connectivity index (χ1v) is 11.7. The van der Waals surface area contributed by atoms with Crippen molar-refractivity contribution in [3.05, 3.63) is 64.8 Å². The Morgan fingerprint density at radius 1 is 0.969 bits per heavy atom. The summed E-state index contributed by atoms with van der Waals surface area (Å²) in [4.78, 5) is 18.2. The predicted molar refractivity (Wildman–Crippen MR) is 134 cm³/mol. The molecular formula is C27H34N4O. The van der Waals surface area contributed by atoms with Gasteiger partial charge in [0.25, 0.3) is 5.56 Å². The van der Waals surface area contributed by atoms with E-state index in [-0.39, 0.29) is 5.56 Å². The lowest BCUT2D eigenvalue weighted by Crippen LogP contribution is -2.32. The molecule has 0 radical (unpaired) electrons. The van der Waals surface area contributed by atoms with Gasteiger partial charge in [0.05, 0.1) is 11.6 Å². The maximum Gasteiger partial charge on any atom is 0.256 e. The van der Waals surface area contributed by atoms with Gasteiger partial charge in [0.2, 0.25) is 0 Å². The first-order valence-electron chi connectivity index (χ1n) is 11.7. The highest BCUT2D eigenvalue weighted by Crippen LogP contribution is 2.31. The van der Waals surface area contributed by atoms with Crippen molar-refractivity contribution in [3.8, 4) is 11.1 Å². The third-order valence-corrected chi connectivity index (χ3v) is 5.96. The van der Waals surface area contributed by atoms with Gasteiger partial charge in [0.1, 0.15) is 0 Å². The summed E-state index contributed by atoms with van der Waals surface area (Å²) in [5.74, 6) is 1.34. The van der Waals surface area contributed by atoms with Crippen LogP contribution in [-0.2, 0) is 6.42 Å². The van der Waals surface area contributed by atoms with Gasteiger partial charge in [-0.05, 0) is 70.6 Å². The molecule has 0 saturated heterocycles. The van der Waals surface area contributed by atoms with Crippen molar-refractivity contribution >= 4 is 21.5 Å². The van der Waals surface area contributed by atoms with E-state index in [2.05, 4.69) is 72.0 Å². The summed E-state index contributed by atoms with van der Waals surface area (Å²) in [5.41, 5.74) is 3.36. The van der Waals surface area contributed by atoms with Gasteiger partial charge in [0, 0.05) is 31.0 Å². The summed E-state index contributed by atoms with van der Waals surface area (Å²) < 4.78 is 0. The molecule has 0 aliphatic rings. The van der Waals surface area contributed by atoms with Gasteiger partial charge in [-0.15, -0.1) is 0 Å². The molecule has 0 aliphatic heterocycles. The summed E-state index contributed by atoms with van der Waals surface area (Å²) in [6.45, 7) is 12.5. The van der Waals surface area contributed by atoms with E-state index < -0.39 is 0 Å². The predicted octanol–water partition coefficient (Wildman–Crippen LogP) is 5.62. The van der Waals surface area contributed by atoms with E-state index in [1.165, 1.54) is 10.9 Å². The molecule has 0 fully saturated rings. The maximum absolute atomic E-state index is 12.7. The van der Waals surface area contributed by atoms with Crippen molar-refractivity contribution in [2.24, 2.45) is 11.8 Å². The molecule has 5 nitrogen and oxygen atoms in total. The van der Waals surface area contributed by atoms with Crippen LogP contribution in [0.5, 0.6) is 0 Å². The van der Waals surface area contributed by atoms with E-state index in [4.69, 9.17) is 0 Å². The third-order valence-electron chi connectivity index (χ3n) is 5.96. The van der Waals surface area contributed by atoms with Gasteiger partial charge < -0.3 is 9.88 Å². The number of fused-ring (bicyclic) bond motifs is 3. The highest BCUT2D eigenvalue weighted by atomic mass is 16.1. The van der Waals surface area contributed by atoms with Gasteiger partial charge in [-0.2, -0.15) is 5.10 Å². The Labute approximate surface area is 189 Å². The molecule has 2 aromatic heterocycles. The minimum Gasteiger partial charge on any atom is -0.329 e. The average Bonchev–Trinajstić information content (AvgIpc) is 3.27. The fraction of sp³-hybridized carbons (Fsp3) is 0.407. The second kappa shape index (κ2) is 9.70. The number of H-pyrrole nitrogens is 2. The first kappa shape index (κ1) is 22.3. The van der Waals surface area contributed by atoms with Crippen LogP contribution >= 0.6 is 0 Å². The van der Waals surface area contributed by atoms with Crippen molar-refractivity contribution in [1.29, 1.82) is 0 Å². The molecule has 0 bridgehead atoms. The van der Waals surface area contributed by atoms with Gasteiger partial charge in [-0.1, -0.05) is 45.9 Å². The lowest BCUT2D eigenvalue weighted by atomic mass is 9.93. The van der Waals surface area contributed by atoms with Crippen molar-refractivity contribution < 1.29 is 0 Å². The number of pyridine rings is 1. The SMILES string of the molecule is CC(C)CN(CCCc1cc2cc[nH]c(=O)c2c2cc(-c3cn[nH]c3)ccc12)CC(C)C. The van der Waals surface area contributed by atoms with Crippen molar-refractivity contribution in [2.75, 3.05) is 19.6 Å². The topological polar surface area (TPSA) is 64.8 Å². The van der Waals surface area contributed by atoms with E-state index in [0.717, 1.165) is 59.8 Å². The Kier molecular flexibility index (Phi) is 6.75. The second-order valence-electron chi connectivity index (χ2n) is 9.70. The number of benzene rings is 2. The zero-order valence-electron chi connectivity index (χ0n) is 19.6. The summed E-state index contributed by atoms with van der Waals surface area (Å²) in [5, 5.41) is 10.9. The van der Waals surface area contributed by atoms with Crippen LogP contribution in [-0.4, -0.2) is 39.7 Å². The molecule has 2 N–H and O–H groups in total. The van der Waals surface area contributed by atoms with Gasteiger partial charge in [0.15, 0.2) is 0 Å². The molecule has 0 spiro atoms. The number of rotatable bonds is 9. The van der Waals surface area contributed by atoms with Crippen molar-refractivity contribution in [2.45, 2.75) is 40.5 Å². The van der Waals surface area contributed by atoms with E-state index in [0.29, 0.717) is 11.8 Å². The number of aromatic amines is 2. The lowest BCUT2D eigenvalue weighted by molar-refractivity contribution is 0.217. The van der Waals surface area contributed by atoms with Gasteiger partial charge in [-0.3, -0.25) is 9.89 Å². The number of aromatic nitrogens is 3. The van der Waals surface area contributed by atoms with Crippen molar-refractivity contribution in [1.82, 2.24) is 20.1 Å². The minimum atomic E-state index is -0.0385. The Morgan fingerprint density at radius 3 is 2.44 bits per heavy atom. The van der Waals surface area contributed by atoms with Crippen LogP contribution in [0.4, 0.5) is 0 Å². The number of nitrogens with one attached hydrogen (secondary N) is 2. The Bertz CT molecular complexity index is 1230. The van der Waals surface area contributed by atoms with Gasteiger partial charge >= 0.3 is 0 Å². The summed E-state index contributed by atoms with van der Waals surface area (Å²) >= 11 is 0. The molecule has 0 amide bonds. The van der Waals surface area contributed by atoms with Crippen LogP contribution < -0.4 is 5.56 Å². The van der Waals surface area contributed by atoms with E-state index in [1.807, 2.05) is 18.5 Å². The van der Waals surface area contributed by atoms with E-state index in [9.17, 15) is 4.79 Å². The molecule has 5 heteroatoms. The Hall–Kier alpha value is -2.92. The largest absolute Gasteiger partial charge is 0.329 e. The van der Waals surface area contributed by atoms with Crippen LogP contribution in [0.3, 0.4) is 0 Å². The third kappa shape index (κ3) is 4.94. The van der Waals surface area contributed by atoms with E-state index in [1.54, 1.807) is 6.20 Å². The number of hydrogen-bond donors (Lipinski definition) is 2. The molecule has 4 aromatic rings.